The van der Waals surface area contributed by atoms with Crippen molar-refractivity contribution in [1.82, 2.24) is 4.57 Å². The molecule has 106 valence electrons. The second kappa shape index (κ2) is 4.65. The Morgan fingerprint density at radius 3 is 2.70 bits per heavy atom. The molecule has 0 unspecified atom stereocenters. The monoisotopic (exact) mass is 271 g/mol. The van der Waals surface area contributed by atoms with Gasteiger partial charge in [-0.2, -0.15) is 0 Å². The number of fused-ring (bicyclic) bond motifs is 1. The van der Waals surface area contributed by atoms with E-state index in [1.807, 2.05) is 12.1 Å². The van der Waals surface area contributed by atoms with Gasteiger partial charge in [0.1, 0.15) is 0 Å². The first kappa shape index (κ1) is 13.2. The number of hydrogen-bond donors (Lipinski definition) is 1. The Bertz CT molecular complexity index is 650. The lowest BCUT2D eigenvalue weighted by Gasteiger charge is -2.26. The highest BCUT2D eigenvalue weighted by molar-refractivity contribution is 5.85. The van der Waals surface area contributed by atoms with Gasteiger partial charge < -0.3 is 9.67 Å². The second-order valence-corrected chi connectivity index (χ2v) is 6.47. The van der Waals surface area contributed by atoms with Crippen LogP contribution in [-0.2, 0) is 16.8 Å². The molecule has 20 heavy (non-hydrogen) atoms. The van der Waals surface area contributed by atoms with E-state index in [1.54, 1.807) is 13.8 Å². The van der Waals surface area contributed by atoms with Crippen LogP contribution in [0.15, 0.2) is 30.5 Å². The Morgan fingerprint density at radius 1 is 1.35 bits per heavy atom. The second-order valence-electron chi connectivity index (χ2n) is 6.47. The van der Waals surface area contributed by atoms with Gasteiger partial charge in [0.05, 0.1) is 5.41 Å². The third-order valence-corrected chi connectivity index (χ3v) is 4.71. The van der Waals surface area contributed by atoms with Gasteiger partial charge >= 0.3 is 5.97 Å². The maximum absolute atomic E-state index is 11.3. The van der Waals surface area contributed by atoms with E-state index >= 15 is 0 Å². The Morgan fingerprint density at radius 2 is 2.10 bits per heavy atom. The normalized spacial score (nSPS) is 16.3. The van der Waals surface area contributed by atoms with Crippen LogP contribution in [-0.4, -0.2) is 15.6 Å². The molecule has 0 bridgehead atoms. The highest BCUT2D eigenvalue weighted by Crippen LogP contribution is 2.31. The molecule has 1 aliphatic rings. The zero-order chi connectivity index (χ0) is 14.3. The molecule has 1 N–H and O–H groups in total. The standard InChI is InChI=1S/C17H21NO2/c1-17(2,16(19)20)14-6-7-15-13(10-14)8-9-18(15)11-12-4-3-5-12/h6-10,12H,3-5,11H2,1-2H3,(H,19,20). The van der Waals surface area contributed by atoms with Crippen LogP contribution in [0.25, 0.3) is 10.9 Å². The van der Waals surface area contributed by atoms with Crippen LogP contribution in [0.5, 0.6) is 0 Å². The van der Waals surface area contributed by atoms with Crippen LogP contribution in [0.4, 0.5) is 0 Å². The number of nitrogens with zero attached hydrogens (tertiary/aromatic N) is 1. The molecule has 1 saturated carbocycles. The molecule has 0 saturated heterocycles. The van der Waals surface area contributed by atoms with Gasteiger partial charge in [0.15, 0.2) is 0 Å². The van der Waals surface area contributed by atoms with E-state index in [2.05, 4.69) is 22.9 Å². The SMILES string of the molecule is CC(C)(C(=O)O)c1ccc2c(ccn2CC2CCC2)c1. The molecule has 0 spiro atoms. The van der Waals surface area contributed by atoms with E-state index in [0.717, 1.165) is 23.4 Å². The van der Waals surface area contributed by atoms with Crippen molar-refractivity contribution in [3.63, 3.8) is 0 Å². The fourth-order valence-electron chi connectivity index (χ4n) is 2.83. The predicted molar refractivity (Wildman–Crippen MR) is 79.9 cm³/mol. The van der Waals surface area contributed by atoms with Crippen molar-refractivity contribution in [2.24, 2.45) is 5.92 Å². The average molecular weight is 271 g/mol. The fourth-order valence-corrected chi connectivity index (χ4v) is 2.83. The van der Waals surface area contributed by atoms with Crippen LogP contribution in [0.3, 0.4) is 0 Å². The summed E-state index contributed by atoms with van der Waals surface area (Å²) in [7, 11) is 0. The van der Waals surface area contributed by atoms with Crippen molar-refractivity contribution in [2.75, 3.05) is 0 Å². The maximum Gasteiger partial charge on any atom is 0.313 e. The van der Waals surface area contributed by atoms with Crippen molar-refractivity contribution >= 4 is 16.9 Å². The lowest BCUT2D eigenvalue weighted by atomic mass is 9.84. The van der Waals surface area contributed by atoms with Crippen LogP contribution in [0, 0.1) is 5.92 Å². The Labute approximate surface area is 119 Å². The third kappa shape index (κ3) is 2.11. The van der Waals surface area contributed by atoms with E-state index < -0.39 is 11.4 Å². The summed E-state index contributed by atoms with van der Waals surface area (Å²) < 4.78 is 2.30. The molecule has 1 aliphatic carbocycles. The minimum absolute atomic E-state index is 0.786. The van der Waals surface area contributed by atoms with E-state index in [9.17, 15) is 9.90 Å². The Kier molecular flexibility index (Phi) is 3.08. The smallest absolute Gasteiger partial charge is 0.313 e. The molecule has 1 aromatic carbocycles. The highest BCUT2D eigenvalue weighted by atomic mass is 16.4. The minimum atomic E-state index is -0.843. The average Bonchev–Trinajstić information content (AvgIpc) is 2.75. The van der Waals surface area contributed by atoms with E-state index in [-0.39, 0.29) is 0 Å². The summed E-state index contributed by atoms with van der Waals surface area (Å²) >= 11 is 0. The first-order valence-corrected chi connectivity index (χ1v) is 7.31. The van der Waals surface area contributed by atoms with Gasteiger partial charge in [0.25, 0.3) is 0 Å². The van der Waals surface area contributed by atoms with Gasteiger partial charge in [-0.15, -0.1) is 0 Å². The number of aliphatic carboxylic acids is 1. The van der Waals surface area contributed by atoms with E-state index in [4.69, 9.17) is 0 Å². The number of aromatic nitrogens is 1. The van der Waals surface area contributed by atoms with Gasteiger partial charge in [0.2, 0.25) is 0 Å². The number of carboxylic acid groups (broad SMARTS) is 1. The molecule has 3 rings (SSSR count). The molecule has 3 nitrogen and oxygen atoms in total. The summed E-state index contributed by atoms with van der Waals surface area (Å²) in [5.41, 5.74) is 1.23. The van der Waals surface area contributed by atoms with Gasteiger partial charge in [-0.1, -0.05) is 12.5 Å². The summed E-state index contributed by atoms with van der Waals surface area (Å²) in [5.74, 6) is 0.0338. The fraction of sp³-hybridized carbons (Fsp3) is 0.471. The molecule has 0 radical (unpaired) electrons. The van der Waals surface area contributed by atoms with Crippen molar-refractivity contribution < 1.29 is 9.90 Å². The van der Waals surface area contributed by atoms with Crippen LogP contribution in [0.1, 0.15) is 38.7 Å². The van der Waals surface area contributed by atoms with E-state index in [1.165, 1.54) is 24.8 Å². The maximum atomic E-state index is 11.3. The topological polar surface area (TPSA) is 42.2 Å². The van der Waals surface area contributed by atoms with Gasteiger partial charge in [-0.25, -0.2) is 0 Å². The van der Waals surface area contributed by atoms with Crippen LogP contribution >= 0.6 is 0 Å². The highest BCUT2D eigenvalue weighted by Gasteiger charge is 2.29. The van der Waals surface area contributed by atoms with Crippen molar-refractivity contribution in [2.45, 2.75) is 45.1 Å². The minimum Gasteiger partial charge on any atom is -0.481 e. The first-order valence-electron chi connectivity index (χ1n) is 7.31. The summed E-state index contributed by atoms with van der Waals surface area (Å²) in [6.07, 6.45) is 6.16. The molecule has 0 amide bonds. The predicted octanol–water partition coefficient (Wildman–Crippen LogP) is 3.80. The number of carboxylic acids is 1. The third-order valence-electron chi connectivity index (χ3n) is 4.71. The van der Waals surface area contributed by atoms with Crippen LogP contribution in [0.2, 0.25) is 0 Å². The van der Waals surface area contributed by atoms with Crippen molar-refractivity contribution in [1.29, 1.82) is 0 Å². The summed E-state index contributed by atoms with van der Waals surface area (Å²) in [4.78, 5) is 11.3. The van der Waals surface area contributed by atoms with Gasteiger partial charge in [0, 0.05) is 18.3 Å². The van der Waals surface area contributed by atoms with Gasteiger partial charge in [-0.3, -0.25) is 4.79 Å². The Balaban J connectivity index is 1.95. The molecule has 1 aromatic heterocycles. The van der Waals surface area contributed by atoms with Crippen LogP contribution < -0.4 is 0 Å². The molecule has 1 fully saturated rings. The molecule has 0 aliphatic heterocycles. The van der Waals surface area contributed by atoms with Gasteiger partial charge in [-0.05, 0) is 61.8 Å². The van der Waals surface area contributed by atoms with Crippen molar-refractivity contribution in [3.8, 4) is 0 Å². The number of carbonyl (C=O) groups is 1. The summed E-state index contributed by atoms with van der Waals surface area (Å²) in [5, 5.41) is 10.5. The molecule has 1 heterocycles. The first-order chi connectivity index (χ1) is 9.48. The lowest BCUT2D eigenvalue weighted by Crippen LogP contribution is -2.28. The molecule has 3 heteroatoms. The zero-order valence-corrected chi connectivity index (χ0v) is 12.1. The summed E-state index contributed by atoms with van der Waals surface area (Å²) in [6.45, 7) is 4.59. The quantitative estimate of drug-likeness (QED) is 0.919. The molecular formula is C17H21NO2. The Hall–Kier alpha value is -1.77. The molecule has 2 aromatic rings. The lowest BCUT2D eigenvalue weighted by molar-refractivity contribution is -0.142. The van der Waals surface area contributed by atoms with Crippen molar-refractivity contribution in [3.05, 3.63) is 36.0 Å². The zero-order valence-electron chi connectivity index (χ0n) is 12.1. The molecule has 0 atom stereocenters. The number of benzene rings is 1. The number of hydrogen-bond acceptors (Lipinski definition) is 1. The number of rotatable bonds is 4. The largest absolute Gasteiger partial charge is 0.481 e. The van der Waals surface area contributed by atoms with E-state index in [0.29, 0.717) is 0 Å². The molecular weight excluding hydrogens is 250 g/mol. The summed E-state index contributed by atoms with van der Waals surface area (Å²) in [6, 6.07) is 8.12.